The number of piperidine rings is 1. The first-order valence-electron chi connectivity index (χ1n) is 11.6. The molecule has 0 saturated carbocycles. The molecule has 0 spiro atoms. The first-order chi connectivity index (χ1) is 16.1. The van der Waals surface area contributed by atoms with E-state index in [1.54, 1.807) is 0 Å². The number of carbonyl (C=O) groups excluding carboxylic acids is 1. The number of amides is 1. The number of anilines is 1. The third-order valence-corrected chi connectivity index (χ3v) is 6.06. The maximum absolute atomic E-state index is 13.3. The fraction of sp³-hybridized carbons (Fsp3) is 0.370. The van der Waals surface area contributed by atoms with Crippen molar-refractivity contribution < 1.29 is 9.53 Å². The van der Waals surface area contributed by atoms with Crippen LogP contribution in [0.4, 0.5) is 5.95 Å². The highest BCUT2D eigenvalue weighted by molar-refractivity contribution is 5.94. The van der Waals surface area contributed by atoms with E-state index in [9.17, 15) is 4.79 Å². The number of hydrogen-bond acceptors (Lipinski definition) is 5. The fourth-order valence-corrected chi connectivity index (χ4v) is 4.28. The Bertz CT molecular complexity index is 1070. The van der Waals surface area contributed by atoms with E-state index in [2.05, 4.69) is 17.1 Å². The standard InChI is InChI=1S/C27H32N4O2/c1-4-33-19-20-12-14-22(15-13-20)26(32)31-16-8-11-23(18-31)25-24(21-9-6-5-7-10-21)17-28-27(29-25)30(2)3/h5-7,9-10,12-15,17,23H,4,8,11,16,18-19H2,1-3H3/t23-/m0/s1. The van der Waals surface area contributed by atoms with Gasteiger partial charge in [0.05, 0.1) is 12.3 Å². The number of hydrogen-bond donors (Lipinski definition) is 0. The van der Waals surface area contributed by atoms with Gasteiger partial charge < -0.3 is 14.5 Å². The van der Waals surface area contributed by atoms with Gasteiger partial charge in [-0.3, -0.25) is 4.79 Å². The van der Waals surface area contributed by atoms with Gasteiger partial charge in [-0.25, -0.2) is 9.97 Å². The van der Waals surface area contributed by atoms with Gasteiger partial charge in [-0.2, -0.15) is 0 Å². The number of rotatable bonds is 7. The van der Waals surface area contributed by atoms with Gasteiger partial charge in [-0.1, -0.05) is 42.5 Å². The Labute approximate surface area is 196 Å². The molecule has 2 aromatic carbocycles. The number of nitrogens with zero attached hydrogens (tertiary/aromatic N) is 4. The van der Waals surface area contributed by atoms with Crippen molar-refractivity contribution in [1.82, 2.24) is 14.9 Å². The van der Waals surface area contributed by atoms with Crippen LogP contribution >= 0.6 is 0 Å². The van der Waals surface area contributed by atoms with Crippen LogP contribution in [-0.4, -0.2) is 54.6 Å². The summed E-state index contributed by atoms with van der Waals surface area (Å²) in [5.74, 6) is 0.931. The molecule has 1 aliphatic rings. The highest BCUT2D eigenvalue weighted by Crippen LogP contribution is 2.34. The summed E-state index contributed by atoms with van der Waals surface area (Å²) in [4.78, 5) is 26.7. The Balaban J connectivity index is 1.58. The molecule has 1 atom stereocenters. The van der Waals surface area contributed by atoms with Crippen LogP contribution in [0.25, 0.3) is 11.1 Å². The molecule has 0 aliphatic carbocycles. The van der Waals surface area contributed by atoms with E-state index >= 15 is 0 Å². The molecule has 4 rings (SSSR count). The van der Waals surface area contributed by atoms with E-state index in [-0.39, 0.29) is 11.8 Å². The molecular weight excluding hydrogens is 412 g/mol. The number of benzene rings is 2. The molecule has 3 aromatic rings. The molecule has 1 fully saturated rings. The highest BCUT2D eigenvalue weighted by Gasteiger charge is 2.29. The van der Waals surface area contributed by atoms with Gasteiger partial charge in [0.25, 0.3) is 5.91 Å². The summed E-state index contributed by atoms with van der Waals surface area (Å²) in [5.41, 5.74) is 4.96. The molecule has 33 heavy (non-hydrogen) atoms. The van der Waals surface area contributed by atoms with Gasteiger partial charge in [0.1, 0.15) is 0 Å². The highest BCUT2D eigenvalue weighted by atomic mass is 16.5. The van der Waals surface area contributed by atoms with Crippen molar-refractivity contribution in [3.8, 4) is 11.1 Å². The molecule has 2 heterocycles. The Hall–Kier alpha value is -3.25. The first kappa shape index (κ1) is 22.9. The van der Waals surface area contributed by atoms with E-state index < -0.39 is 0 Å². The van der Waals surface area contributed by atoms with E-state index in [0.29, 0.717) is 25.7 Å². The van der Waals surface area contributed by atoms with E-state index in [0.717, 1.165) is 47.3 Å². The van der Waals surface area contributed by atoms with Gasteiger partial charge in [-0.15, -0.1) is 0 Å². The normalized spacial score (nSPS) is 16.0. The van der Waals surface area contributed by atoms with Crippen LogP contribution in [0.2, 0.25) is 0 Å². The topological polar surface area (TPSA) is 58.6 Å². The van der Waals surface area contributed by atoms with Crippen molar-refractivity contribution in [3.05, 3.63) is 77.6 Å². The van der Waals surface area contributed by atoms with E-state index in [1.807, 2.05) is 79.5 Å². The molecule has 1 aliphatic heterocycles. The third-order valence-electron chi connectivity index (χ3n) is 6.06. The van der Waals surface area contributed by atoms with Crippen LogP contribution in [0.1, 0.15) is 47.3 Å². The Kier molecular flexibility index (Phi) is 7.35. The molecule has 1 amide bonds. The molecular formula is C27H32N4O2. The maximum atomic E-state index is 13.3. The van der Waals surface area contributed by atoms with Crippen molar-refractivity contribution in [2.75, 3.05) is 38.7 Å². The second-order valence-corrected chi connectivity index (χ2v) is 8.65. The van der Waals surface area contributed by atoms with Gasteiger partial charge in [0, 0.05) is 57.0 Å². The van der Waals surface area contributed by atoms with Crippen LogP contribution in [0.15, 0.2) is 60.8 Å². The first-order valence-corrected chi connectivity index (χ1v) is 11.6. The Morgan fingerprint density at radius 2 is 1.88 bits per heavy atom. The molecule has 0 radical (unpaired) electrons. The zero-order chi connectivity index (χ0) is 23.2. The summed E-state index contributed by atoms with van der Waals surface area (Å²) in [6.45, 7) is 4.65. The molecule has 0 bridgehead atoms. The summed E-state index contributed by atoms with van der Waals surface area (Å²) in [6.07, 6.45) is 3.88. The minimum absolute atomic E-state index is 0.0748. The molecule has 6 heteroatoms. The van der Waals surface area contributed by atoms with Crippen molar-refractivity contribution in [2.24, 2.45) is 0 Å². The zero-order valence-electron chi connectivity index (χ0n) is 19.7. The predicted octanol–water partition coefficient (Wildman–Crippen LogP) is 4.77. The summed E-state index contributed by atoms with van der Waals surface area (Å²) < 4.78 is 5.46. The largest absolute Gasteiger partial charge is 0.377 e. The summed E-state index contributed by atoms with van der Waals surface area (Å²) in [6, 6.07) is 18.0. The number of carbonyl (C=O) groups is 1. The second-order valence-electron chi connectivity index (χ2n) is 8.65. The lowest BCUT2D eigenvalue weighted by Crippen LogP contribution is -2.39. The van der Waals surface area contributed by atoms with Crippen molar-refractivity contribution >= 4 is 11.9 Å². The summed E-state index contributed by atoms with van der Waals surface area (Å²) in [7, 11) is 3.90. The van der Waals surface area contributed by atoms with Crippen molar-refractivity contribution in [1.29, 1.82) is 0 Å². The minimum Gasteiger partial charge on any atom is -0.377 e. The number of likely N-dealkylation sites (tertiary alicyclic amines) is 1. The average Bonchev–Trinajstić information content (AvgIpc) is 2.87. The predicted molar refractivity (Wildman–Crippen MR) is 131 cm³/mol. The van der Waals surface area contributed by atoms with Crippen LogP contribution in [-0.2, 0) is 11.3 Å². The molecule has 6 nitrogen and oxygen atoms in total. The summed E-state index contributed by atoms with van der Waals surface area (Å²) in [5, 5.41) is 0. The number of ether oxygens (including phenoxy) is 1. The lowest BCUT2D eigenvalue weighted by atomic mass is 9.89. The van der Waals surface area contributed by atoms with Gasteiger partial charge in [0.2, 0.25) is 5.95 Å². The monoisotopic (exact) mass is 444 g/mol. The van der Waals surface area contributed by atoms with Crippen LogP contribution in [0.3, 0.4) is 0 Å². The smallest absolute Gasteiger partial charge is 0.253 e. The minimum atomic E-state index is 0.0748. The molecule has 0 unspecified atom stereocenters. The number of aromatic nitrogens is 2. The van der Waals surface area contributed by atoms with Crippen LogP contribution in [0, 0.1) is 0 Å². The Morgan fingerprint density at radius 1 is 1.12 bits per heavy atom. The van der Waals surface area contributed by atoms with Crippen LogP contribution in [0.5, 0.6) is 0 Å². The maximum Gasteiger partial charge on any atom is 0.253 e. The average molecular weight is 445 g/mol. The van der Waals surface area contributed by atoms with Gasteiger partial charge in [0.15, 0.2) is 0 Å². The Morgan fingerprint density at radius 3 is 2.58 bits per heavy atom. The van der Waals surface area contributed by atoms with Crippen molar-refractivity contribution in [3.63, 3.8) is 0 Å². The summed E-state index contributed by atoms with van der Waals surface area (Å²) >= 11 is 0. The van der Waals surface area contributed by atoms with Crippen LogP contribution < -0.4 is 4.90 Å². The lowest BCUT2D eigenvalue weighted by Gasteiger charge is -2.33. The lowest BCUT2D eigenvalue weighted by molar-refractivity contribution is 0.0706. The second kappa shape index (κ2) is 10.6. The molecule has 172 valence electrons. The molecule has 0 N–H and O–H groups in total. The SMILES string of the molecule is CCOCc1ccc(C(=O)N2CCC[C@H](c3nc(N(C)C)ncc3-c3ccccc3)C2)cc1. The molecule has 1 aromatic heterocycles. The zero-order valence-corrected chi connectivity index (χ0v) is 19.7. The third kappa shape index (κ3) is 5.40. The van der Waals surface area contributed by atoms with Crippen molar-refractivity contribution in [2.45, 2.75) is 32.3 Å². The fourth-order valence-electron chi connectivity index (χ4n) is 4.28. The van der Waals surface area contributed by atoms with Gasteiger partial charge in [-0.05, 0) is 43.0 Å². The quantitative estimate of drug-likeness (QED) is 0.526. The molecule has 1 saturated heterocycles. The van der Waals surface area contributed by atoms with E-state index in [4.69, 9.17) is 9.72 Å². The van der Waals surface area contributed by atoms with E-state index in [1.165, 1.54) is 0 Å². The van der Waals surface area contributed by atoms with Gasteiger partial charge >= 0.3 is 0 Å².